The maximum atomic E-state index is 13.1. The van der Waals surface area contributed by atoms with Crippen molar-refractivity contribution in [1.82, 2.24) is 9.88 Å². The summed E-state index contributed by atoms with van der Waals surface area (Å²) in [6, 6.07) is 0.684. The van der Waals surface area contributed by atoms with E-state index >= 15 is 0 Å². The topological polar surface area (TPSA) is 101 Å². The predicted molar refractivity (Wildman–Crippen MR) is 80.5 cm³/mol. The van der Waals surface area contributed by atoms with Crippen molar-refractivity contribution in [2.24, 2.45) is 5.73 Å². The fourth-order valence-corrected chi connectivity index (χ4v) is 2.33. The molecule has 1 fully saturated rings. The van der Waals surface area contributed by atoms with Crippen molar-refractivity contribution in [1.29, 1.82) is 5.41 Å². The van der Waals surface area contributed by atoms with Crippen LogP contribution in [0.4, 0.5) is 19.0 Å². The van der Waals surface area contributed by atoms with Gasteiger partial charge in [-0.25, -0.2) is 4.98 Å². The van der Waals surface area contributed by atoms with Crippen molar-refractivity contribution in [2.45, 2.75) is 19.1 Å². The van der Waals surface area contributed by atoms with Gasteiger partial charge in [-0.15, -0.1) is 0 Å². The lowest BCUT2D eigenvalue weighted by molar-refractivity contribution is -0.137. The molecule has 0 spiro atoms. The van der Waals surface area contributed by atoms with Crippen LogP contribution in [-0.4, -0.2) is 41.5 Å². The Bertz CT molecular complexity index is 629. The van der Waals surface area contributed by atoms with E-state index < -0.39 is 11.7 Å². The summed E-state index contributed by atoms with van der Waals surface area (Å²) in [6.45, 7) is 3.25. The highest BCUT2D eigenvalue weighted by Crippen LogP contribution is 2.34. The van der Waals surface area contributed by atoms with Crippen LogP contribution >= 0.6 is 0 Å². The van der Waals surface area contributed by atoms with Crippen LogP contribution in [0.15, 0.2) is 18.3 Å². The molecule has 2 heterocycles. The van der Waals surface area contributed by atoms with Crippen LogP contribution in [0.1, 0.15) is 18.1 Å². The Morgan fingerprint density at radius 2 is 2.22 bits per heavy atom. The van der Waals surface area contributed by atoms with Gasteiger partial charge in [0, 0.05) is 30.1 Å². The number of rotatable bonds is 2. The highest BCUT2D eigenvalue weighted by molar-refractivity contribution is 5.97. The van der Waals surface area contributed by atoms with Gasteiger partial charge in [-0.1, -0.05) is 0 Å². The maximum absolute atomic E-state index is 13.1. The number of nitrogens with two attached hydrogens (primary N) is 2. The minimum absolute atomic E-state index is 0.0308. The number of hydrogen-bond donors (Lipinski definition) is 3. The smallest absolute Gasteiger partial charge is 0.398 e. The molecule has 0 unspecified atom stereocenters. The Kier molecular flexibility index (Phi) is 4.79. The molecule has 1 saturated heterocycles. The standard InChI is InChI=1S/C14H18F3N5O/c1-8-7-23-3-2-22(8)13(20)5-11(18)9-6-21-12(19)4-10(9)14(15,16)17/h4-6,8,20H,2-3,7,18H2,1H3,(H2,19,21)/t8-/m0/s1. The number of nitrogens with zero attached hydrogens (tertiary/aromatic N) is 2. The number of hydrogen-bond acceptors (Lipinski definition) is 5. The van der Waals surface area contributed by atoms with Crippen LogP contribution < -0.4 is 11.5 Å². The molecule has 1 aliphatic rings. The number of nitrogen functional groups attached to an aromatic ring is 1. The molecule has 9 heteroatoms. The average Bonchev–Trinajstić information content (AvgIpc) is 2.46. The molecule has 0 radical (unpaired) electrons. The summed E-state index contributed by atoms with van der Waals surface area (Å²) in [6.07, 6.45) is -2.44. The van der Waals surface area contributed by atoms with Crippen LogP contribution in [-0.2, 0) is 10.9 Å². The van der Waals surface area contributed by atoms with Crippen molar-refractivity contribution < 1.29 is 17.9 Å². The molecule has 0 aliphatic carbocycles. The Morgan fingerprint density at radius 1 is 1.52 bits per heavy atom. The molecule has 5 N–H and O–H groups in total. The van der Waals surface area contributed by atoms with Gasteiger partial charge in [0.05, 0.1) is 24.8 Å². The first-order valence-electron chi connectivity index (χ1n) is 6.93. The lowest BCUT2D eigenvalue weighted by atomic mass is 10.1. The van der Waals surface area contributed by atoms with Gasteiger partial charge < -0.3 is 21.1 Å². The molecular weight excluding hydrogens is 311 g/mol. The van der Waals surface area contributed by atoms with Gasteiger partial charge in [-0.2, -0.15) is 13.2 Å². The van der Waals surface area contributed by atoms with Crippen LogP contribution in [0, 0.1) is 5.41 Å². The number of amidine groups is 1. The van der Waals surface area contributed by atoms with E-state index in [1.807, 2.05) is 6.92 Å². The van der Waals surface area contributed by atoms with E-state index in [1.54, 1.807) is 4.90 Å². The summed E-state index contributed by atoms with van der Waals surface area (Å²) >= 11 is 0. The van der Waals surface area contributed by atoms with Crippen molar-refractivity contribution >= 4 is 17.4 Å². The van der Waals surface area contributed by atoms with Gasteiger partial charge >= 0.3 is 6.18 Å². The molecule has 2 rings (SSSR count). The number of nitrogens with one attached hydrogen (secondary N) is 1. The first-order chi connectivity index (χ1) is 10.7. The summed E-state index contributed by atoms with van der Waals surface area (Å²) in [5.41, 5.74) is 9.65. The fraction of sp³-hybridized carbons (Fsp3) is 0.429. The molecular formula is C14H18F3N5O. The molecule has 1 aromatic heterocycles. The van der Waals surface area contributed by atoms with E-state index in [9.17, 15) is 13.2 Å². The van der Waals surface area contributed by atoms with Gasteiger partial charge in [0.25, 0.3) is 0 Å². The third kappa shape index (κ3) is 3.92. The zero-order valence-electron chi connectivity index (χ0n) is 12.5. The van der Waals surface area contributed by atoms with Crippen molar-refractivity contribution in [3.05, 3.63) is 29.5 Å². The molecule has 0 amide bonds. The third-order valence-corrected chi connectivity index (χ3v) is 3.51. The third-order valence-electron chi connectivity index (χ3n) is 3.51. The van der Waals surface area contributed by atoms with Crippen LogP contribution in [0.2, 0.25) is 0 Å². The average molecular weight is 329 g/mol. The van der Waals surface area contributed by atoms with E-state index in [4.69, 9.17) is 21.6 Å². The fourth-order valence-electron chi connectivity index (χ4n) is 2.33. The van der Waals surface area contributed by atoms with Crippen molar-refractivity contribution in [2.75, 3.05) is 25.5 Å². The summed E-state index contributed by atoms with van der Waals surface area (Å²) in [5.74, 6) is -0.214. The van der Waals surface area contributed by atoms with E-state index in [0.29, 0.717) is 19.8 Å². The molecule has 1 aliphatic heterocycles. The minimum atomic E-state index is -4.61. The predicted octanol–water partition coefficient (Wildman–Crippen LogP) is 1.68. The van der Waals surface area contributed by atoms with E-state index in [0.717, 1.165) is 12.3 Å². The molecule has 0 bridgehead atoms. The second-order valence-corrected chi connectivity index (χ2v) is 5.25. The van der Waals surface area contributed by atoms with Gasteiger partial charge in [-0.05, 0) is 13.0 Å². The van der Waals surface area contributed by atoms with Crippen molar-refractivity contribution in [3.8, 4) is 0 Å². The first kappa shape index (κ1) is 17.1. The summed E-state index contributed by atoms with van der Waals surface area (Å²) in [7, 11) is 0. The maximum Gasteiger partial charge on any atom is 0.417 e. The molecule has 0 saturated carbocycles. The van der Waals surface area contributed by atoms with Gasteiger partial charge in [0.15, 0.2) is 0 Å². The van der Waals surface area contributed by atoms with Crippen LogP contribution in [0.3, 0.4) is 0 Å². The van der Waals surface area contributed by atoms with Crippen LogP contribution in [0.5, 0.6) is 0 Å². The molecule has 0 aromatic carbocycles. The summed E-state index contributed by atoms with van der Waals surface area (Å²) in [4.78, 5) is 5.38. The number of alkyl halides is 3. The number of aromatic nitrogens is 1. The SMILES string of the molecule is C[C@H]1COCCN1C(=N)C=C(N)c1cnc(N)cc1C(F)(F)F. The summed E-state index contributed by atoms with van der Waals surface area (Å²) in [5, 5.41) is 8.05. The number of anilines is 1. The molecule has 6 nitrogen and oxygen atoms in total. The Balaban J connectivity index is 2.32. The Labute approximate surface area is 131 Å². The normalized spacial score (nSPS) is 19.7. The Morgan fingerprint density at radius 3 is 2.83 bits per heavy atom. The highest BCUT2D eigenvalue weighted by Gasteiger charge is 2.34. The number of morpholine rings is 1. The number of ether oxygens (including phenoxy) is 1. The van der Waals surface area contributed by atoms with Gasteiger partial charge in [0.1, 0.15) is 11.7 Å². The monoisotopic (exact) mass is 329 g/mol. The van der Waals surface area contributed by atoms with Gasteiger partial charge in [-0.3, -0.25) is 5.41 Å². The molecule has 1 atom stereocenters. The zero-order chi connectivity index (χ0) is 17.2. The molecule has 1 aromatic rings. The highest BCUT2D eigenvalue weighted by atomic mass is 19.4. The quantitative estimate of drug-likeness (QED) is 0.566. The molecule has 126 valence electrons. The van der Waals surface area contributed by atoms with E-state index in [-0.39, 0.29) is 29.0 Å². The first-order valence-corrected chi connectivity index (χ1v) is 6.93. The van der Waals surface area contributed by atoms with E-state index in [2.05, 4.69) is 4.98 Å². The van der Waals surface area contributed by atoms with Gasteiger partial charge in [0.2, 0.25) is 0 Å². The van der Waals surface area contributed by atoms with Crippen molar-refractivity contribution in [3.63, 3.8) is 0 Å². The summed E-state index contributed by atoms with van der Waals surface area (Å²) < 4.78 is 44.6. The zero-order valence-corrected chi connectivity index (χ0v) is 12.5. The second kappa shape index (κ2) is 6.45. The van der Waals surface area contributed by atoms with Crippen LogP contribution in [0.25, 0.3) is 5.70 Å². The lowest BCUT2D eigenvalue weighted by Crippen LogP contribution is -2.46. The Hall–Kier alpha value is -2.29. The second-order valence-electron chi connectivity index (χ2n) is 5.25. The number of halogens is 3. The lowest BCUT2D eigenvalue weighted by Gasteiger charge is -2.34. The minimum Gasteiger partial charge on any atom is -0.398 e. The molecule has 23 heavy (non-hydrogen) atoms. The largest absolute Gasteiger partial charge is 0.417 e. The number of pyridine rings is 1. The van der Waals surface area contributed by atoms with E-state index in [1.165, 1.54) is 6.08 Å².